The van der Waals surface area contributed by atoms with Crippen molar-refractivity contribution >= 4 is 39.8 Å². The summed E-state index contributed by atoms with van der Waals surface area (Å²) >= 11 is 3.49. The van der Waals surface area contributed by atoms with E-state index in [-0.39, 0.29) is 0 Å². The molecule has 0 radical (unpaired) electrons. The number of unbranched alkanes of at least 4 members (excludes halogenated alkanes) is 1. The SMILES string of the molecule is BrCCc1cccc(CCCCOc2ccccc2)c1.c1ccc(P(c2ccccc2)c2ccccc2)cc1. The Bertz CT molecular complexity index is 1230. The van der Waals surface area contributed by atoms with Gasteiger partial charge in [-0.15, -0.1) is 0 Å². The van der Waals surface area contributed by atoms with Gasteiger partial charge in [-0.05, 0) is 72.8 Å². The van der Waals surface area contributed by atoms with Gasteiger partial charge in [0.1, 0.15) is 5.75 Å². The van der Waals surface area contributed by atoms with Crippen LogP contribution in [0.5, 0.6) is 5.75 Å². The highest BCUT2D eigenvalue weighted by molar-refractivity contribution is 9.09. The molecule has 1 nitrogen and oxygen atoms in total. The highest BCUT2D eigenvalue weighted by Crippen LogP contribution is 2.32. The first-order valence-electron chi connectivity index (χ1n) is 13.6. The number of para-hydroxylation sites is 1. The van der Waals surface area contributed by atoms with Gasteiger partial charge in [0.05, 0.1) is 6.61 Å². The number of ether oxygens (including phenoxy) is 1. The van der Waals surface area contributed by atoms with Crippen LogP contribution >= 0.6 is 23.9 Å². The molecule has 3 heteroatoms. The van der Waals surface area contributed by atoms with Gasteiger partial charge in [0.15, 0.2) is 0 Å². The van der Waals surface area contributed by atoms with Crippen LogP contribution in [-0.2, 0) is 12.8 Å². The fraction of sp³-hybridized carbons (Fsp3) is 0.167. The highest BCUT2D eigenvalue weighted by Gasteiger charge is 2.15. The molecular weight excluding hydrogens is 559 g/mol. The third-order valence-electron chi connectivity index (χ3n) is 6.29. The largest absolute Gasteiger partial charge is 0.494 e. The summed E-state index contributed by atoms with van der Waals surface area (Å²) in [5.74, 6) is 0.965. The number of benzene rings is 5. The number of hydrogen-bond acceptors (Lipinski definition) is 1. The summed E-state index contributed by atoms with van der Waals surface area (Å²) in [6.45, 7) is 0.797. The topological polar surface area (TPSA) is 9.23 Å². The van der Waals surface area contributed by atoms with Crippen molar-refractivity contribution in [2.75, 3.05) is 11.9 Å². The number of aryl methyl sites for hydroxylation is 2. The average Bonchev–Trinajstić information content (AvgIpc) is 3.00. The molecule has 5 rings (SSSR count). The molecule has 0 atom stereocenters. The first-order chi connectivity index (χ1) is 19.3. The molecule has 0 spiro atoms. The van der Waals surface area contributed by atoms with E-state index in [9.17, 15) is 0 Å². The van der Waals surface area contributed by atoms with Gasteiger partial charge >= 0.3 is 0 Å². The maximum absolute atomic E-state index is 5.70. The van der Waals surface area contributed by atoms with E-state index >= 15 is 0 Å². The van der Waals surface area contributed by atoms with E-state index in [4.69, 9.17) is 4.74 Å². The molecule has 0 fully saturated rings. The highest BCUT2D eigenvalue weighted by atomic mass is 79.9. The van der Waals surface area contributed by atoms with E-state index in [1.807, 2.05) is 30.3 Å². The average molecular weight is 596 g/mol. The predicted octanol–water partition coefficient (Wildman–Crippen LogP) is 8.47. The Balaban J connectivity index is 0.000000181. The van der Waals surface area contributed by atoms with Gasteiger partial charge < -0.3 is 4.74 Å². The first-order valence-corrected chi connectivity index (χ1v) is 16.1. The van der Waals surface area contributed by atoms with Crippen molar-refractivity contribution in [2.24, 2.45) is 0 Å². The molecule has 0 aromatic heterocycles. The zero-order valence-corrected chi connectivity index (χ0v) is 24.8. The maximum Gasteiger partial charge on any atom is 0.119 e. The molecule has 0 bridgehead atoms. The third-order valence-corrected chi connectivity index (χ3v) is 9.13. The summed E-state index contributed by atoms with van der Waals surface area (Å²) in [5.41, 5.74) is 2.85. The molecule has 0 saturated carbocycles. The molecule has 5 aromatic carbocycles. The van der Waals surface area contributed by atoms with Gasteiger partial charge in [-0.3, -0.25) is 0 Å². The van der Waals surface area contributed by atoms with E-state index in [0.717, 1.165) is 36.9 Å². The molecule has 198 valence electrons. The molecule has 0 aliphatic heterocycles. The van der Waals surface area contributed by atoms with Gasteiger partial charge in [0, 0.05) is 5.33 Å². The summed E-state index contributed by atoms with van der Waals surface area (Å²) in [6.07, 6.45) is 4.50. The van der Waals surface area contributed by atoms with Crippen LogP contribution in [0.4, 0.5) is 0 Å². The Hall–Kier alpha value is -3.19. The molecule has 0 amide bonds. The van der Waals surface area contributed by atoms with Crippen LogP contribution in [0.2, 0.25) is 0 Å². The lowest BCUT2D eigenvalue weighted by Crippen LogP contribution is -2.20. The van der Waals surface area contributed by atoms with Crippen LogP contribution in [0.3, 0.4) is 0 Å². The first kappa shape index (κ1) is 28.8. The molecule has 5 aromatic rings. The minimum Gasteiger partial charge on any atom is -0.494 e. The summed E-state index contributed by atoms with van der Waals surface area (Å²) in [5, 5.41) is 5.22. The second kappa shape index (κ2) is 16.7. The number of alkyl halides is 1. The Morgan fingerprint density at radius 2 is 0.949 bits per heavy atom. The van der Waals surface area contributed by atoms with Gasteiger partial charge in [-0.1, -0.05) is 149 Å². The lowest BCUT2D eigenvalue weighted by molar-refractivity contribution is 0.307. The van der Waals surface area contributed by atoms with Crippen molar-refractivity contribution in [1.29, 1.82) is 0 Å². The second-order valence-electron chi connectivity index (χ2n) is 9.22. The van der Waals surface area contributed by atoms with Crippen LogP contribution in [0, 0.1) is 0 Å². The van der Waals surface area contributed by atoms with E-state index < -0.39 is 7.92 Å². The van der Waals surface area contributed by atoms with Crippen molar-refractivity contribution in [2.45, 2.75) is 25.7 Å². The fourth-order valence-corrected chi connectivity index (χ4v) is 7.13. The molecule has 0 aliphatic carbocycles. The summed E-state index contributed by atoms with van der Waals surface area (Å²) in [4.78, 5) is 0. The van der Waals surface area contributed by atoms with Crippen LogP contribution in [-0.4, -0.2) is 11.9 Å². The normalized spacial score (nSPS) is 10.5. The van der Waals surface area contributed by atoms with Crippen LogP contribution < -0.4 is 20.7 Å². The van der Waals surface area contributed by atoms with E-state index in [1.165, 1.54) is 33.5 Å². The molecule has 0 heterocycles. The van der Waals surface area contributed by atoms with Crippen molar-refractivity contribution in [3.05, 3.63) is 157 Å². The third kappa shape index (κ3) is 9.81. The van der Waals surface area contributed by atoms with Crippen molar-refractivity contribution in [3.8, 4) is 5.75 Å². The number of rotatable bonds is 11. The lowest BCUT2D eigenvalue weighted by atomic mass is 10.0. The second-order valence-corrected chi connectivity index (χ2v) is 12.2. The predicted molar refractivity (Wildman–Crippen MR) is 174 cm³/mol. The van der Waals surface area contributed by atoms with Crippen LogP contribution in [0.1, 0.15) is 24.0 Å². The zero-order chi connectivity index (χ0) is 27.0. The molecule has 0 aliphatic rings. The molecule has 39 heavy (non-hydrogen) atoms. The van der Waals surface area contributed by atoms with E-state index in [1.54, 1.807) is 0 Å². The fourth-order valence-electron chi connectivity index (χ4n) is 4.37. The van der Waals surface area contributed by atoms with Crippen LogP contribution in [0.25, 0.3) is 0 Å². The summed E-state index contributed by atoms with van der Waals surface area (Å²) < 4.78 is 5.70. The number of hydrogen-bond donors (Lipinski definition) is 0. The maximum atomic E-state index is 5.70. The summed E-state index contributed by atoms with van der Waals surface area (Å²) in [7, 11) is -0.446. The van der Waals surface area contributed by atoms with Gasteiger partial charge in [0.25, 0.3) is 0 Å². The molecule has 0 N–H and O–H groups in total. The molecular formula is C36H36BrOP. The minimum absolute atomic E-state index is 0.446. The van der Waals surface area contributed by atoms with Crippen molar-refractivity contribution < 1.29 is 4.74 Å². The monoisotopic (exact) mass is 594 g/mol. The Morgan fingerprint density at radius 1 is 0.487 bits per heavy atom. The zero-order valence-electron chi connectivity index (χ0n) is 22.3. The number of halogens is 1. The Labute approximate surface area is 243 Å². The molecule has 0 unspecified atom stereocenters. The van der Waals surface area contributed by atoms with Crippen LogP contribution in [0.15, 0.2) is 146 Å². The standard InChI is InChI=1S/C18H21BrO.C18H15P/c19-13-12-17-9-6-8-16(15-17)7-4-5-14-20-18-10-2-1-3-11-18;1-4-10-16(11-5-1)19(17-12-6-2-7-13-17)18-14-8-3-9-15-18/h1-3,6,8-11,15H,4-5,7,12-14H2;1-15H. The van der Waals surface area contributed by atoms with Crippen molar-refractivity contribution in [1.82, 2.24) is 0 Å². The van der Waals surface area contributed by atoms with Gasteiger partial charge in [-0.25, -0.2) is 0 Å². The minimum atomic E-state index is -0.446. The Kier molecular flexibility index (Phi) is 12.3. The smallest absolute Gasteiger partial charge is 0.119 e. The quantitative estimate of drug-likeness (QED) is 0.0846. The molecule has 0 saturated heterocycles. The van der Waals surface area contributed by atoms with E-state index in [0.29, 0.717) is 0 Å². The van der Waals surface area contributed by atoms with Gasteiger partial charge in [0.2, 0.25) is 0 Å². The van der Waals surface area contributed by atoms with Crippen molar-refractivity contribution in [3.63, 3.8) is 0 Å². The van der Waals surface area contributed by atoms with E-state index in [2.05, 4.69) is 131 Å². The summed E-state index contributed by atoms with van der Waals surface area (Å²) in [6, 6.07) is 51.2. The van der Waals surface area contributed by atoms with Gasteiger partial charge in [-0.2, -0.15) is 0 Å². The Morgan fingerprint density at radius 3 is 1.44 bits per heavy atom. The lowest BCUT2D eigenvalue weighted by Gasteiger charge is -2.18.